The second kappa shape index (κ2) is 6.06. The van der Waals surface area contributed by atoms with Gasteiger partial charge in [0.05, 0.1) is 17.9 Å². The van der Waals surface area contributed by atoms with Crippen LogP contribution in [0.3, 0.4) is 0 Å². The van der Waals surface area contributed by atoms with Crippen molar-refractivity contribution < 1.29 is 17.9 Å². The van der Waals surface area contributed by atoms with E-state index in [9.17, 15) is 13.2 Å². The van der Waals surface area contributed by atoms with Crippen LogP contribution in [0.5, 0.6) is 5.75 Å². The highest BCUT2D eigenvalue weighted by atomic mass is 32.2. The number of nitrogens with zero attached hydrogens (tertiary/aromatic N) is 1. The lowest BCUT2D eigenvalue weighted by atomic mass is 10.2. The largest absolute Gasteiger partial charge is 0.491 e. The summed E-state index contributed by atoms with van der Waals surface area (Å²) in [5.41, 5.74) is 0.390. The molecule has 1 heterocycles. The molecular formula is C13H15N3O4S. The van der Waals surface area contributed by atoms with Crippen LogP contribution in [0.1, 0.15) is 6.42 Å². The Bertz CT molecular complexity index is 774. The number of rotatable bonds is 5. The Hall–Kier alpha value is -2.19. The highest BCUT2D eigenvalue weighted by Crippen LogP contribution is 2.28. The Morgan fingerprint density at radius 2 is 2.14 bits per heavy atom. The number of amides is 1. The molecule has 0 saturated heterocycles. The molecule has 0 spiro atoms. The van der Waals surface area contributed by atoms with Gasteiger partial charge < -0.3 is 10.1 Å². The molecule has 2 rings (SSSR count). The number of carbonyl (C=O) groups excluding carboxylic acids is 1. The van der Waals surface area contributed by atoms with E-state index in [0.29, 0.717) is 16.7 Å². The lowest BCUT2D eigenvalue weighted by Crippen LogP contribution is -2.20. The number of hydrogen-bond donors (Lipinski definition) is 2. The highest BCUT2D eigenvalue weighted by molar-refractivity contribution is 7.89. The van der Waals surface area contributed by atoms with Gasteiger partial charge in [-0.05, 0) is 24.3 Å². The van der Waals surface area contributed by atoms with Crippen LogP contribution in [0.25, 0.3) is 10.9 Å². The van der Waals surface area contributed by atoms with Gasteiger partial charge in [-0.3, -0.25) is 9.78 Å². The number of nitrogens with one attached hydrogen (secondary N) is 1. The molecular weight excluding hydrogens is 294 g/mol. The molecule has 0 aliphatic carbocycles. The van der Waals surface area contributed by atoms with Gasteiger partial charge in [-0.15, -0.1) is 0 Å². The van der Waals surface area contributed by atoms with E-state index in [2.05, 4.69) is 10.3 Å². The maximum atomic E-state index is 11.6. The van der Waals surface area contributed by atoms with Crippen LogP contribution in [-0.2, 0) is 14.8 Å². The summed E-state index contributed by atoms with van der Waals surface area (Å²) in [6.07, 6.45) is 1.72. The Kier molecular flexibility index (Phi) is 4.39. The predicted octanol–water partition coefficient (Wildman–Crippen LogP) is 0.397. The van der Waals surface area contributed by atoms with Gasteiger partial charge in [-0.25, -0.2) is 13.6 Å². The molecule has 0 bridgehead atoms. The second-order valence-electron chi connectivity index (χ2n) is 4.28. The van der Waals surface area contributed by atoms with Crippen molar-refractivity contribution in [1.29, 1.82) is 0 Å². The second-order valence-corrected chi connectivity index (χ2v) is 5.81. The van der Waals surface area contributed by atoms with Crippen molar-refractivity contribution in [2.45, 2.75) is 11.3 Å². The molecule has 0 saturated carbocycles. The summed E-state index contributed by atoms with van der Waals surface area (Å²) in [6, 6.07) is 6.08. The Labute approximate surface area is 122 Å². The first-order chi connectivity index (χ1) is 9.93. The van der Waals surface area contributed by atoms with E-state index in [1.807, 2.05) is 0 Å². The predicted molar refractivity (Wildman–Crippen MR) is 77.3 cm³/mol. The maximum Gasteiger partial charge on any atom is 0.238 e. The van der Waals surface area contributed by atoms with Gasteiger partial charge in [0.2, 0.25) is 15.9 Å². The summed E-state index contributed by atoms with van der Waals surface area (Å²) in [6.45, 7) is 0.167. The fourth-order valence-corrected chi connectivity index (χ4v) is 2.59. The number of primary sulfonamides is 1. The van der Waals surface area contributed by atoms with Crippen LogP contribution in [-0.4, -0.2) is 33.0 Å². The number of benzene rings is 1. The molecule has 2 aromatic rings. The van der Waals surface area contributed by atoms with E-state index in [0.717, 1.165) is 0 Å². The van der Waals surface area contributed by atoms with E-state index in [1.54, 1.807) is 19.2 Å². The minimum absolute atomic E-state index is 0.00995. The molecule has 1 aromatic carbocycles. The zero-order valence-electron chi connectivity index (χ0n) is 11.4. The third-order valence-electron chi connectivity index (χ3n) is 2.86. The van der Waals surface area contributed by atoms with E-state index in [-0.39, 0.29) is 23.8 Å². The summed E-state index contributed by atoms with van der Waals surface area (Å²) in [7, 11) is -2.30. The molecule has 7 nitrogen and oxygen atoms in total. The van der Waals surface area contributed by atoms with Crippen LogP contribution in [0.4, 0.5) is 0 Å². The normalized spacial score (nSPS) is 11.3. The summed E-state index contributed by atoms with van der Waals surface area (Å²) in [5.74, 6) is 0.260. The van der Waals surface area contributed by atoms with E-state index in [4.69, 9.17) is 9.88 Å². The number of carbonyl (C=O) groups is 1. The molecule has 0 atom stereocenters. The van der Waals surface area contributed by atoms with Crippen LogP contribution >= 0.6 is 0 Å². The van der Waals surface area contributed by atoms with Crippen LogP contribution in [0.2, 0.25) is 0 Å². The molecule has 21 heavy (non-hydrogen) atoms. The first-order valence-corrected chi connectivity index (χ1v) is 7.72. The molecule has 0 aliphatic rings. The number of hydrogen-bond acceptors (Lipinski definition) is 5. The minimum atomic E-state index is -3.84. The average Bonchev–Trinajstić information content (AvgIpc) is 2.45. The van der Waals surface area contributed by atoms with Crippen molar-refractivity contribution in [1.82, 2.24) is 10.3 Å². The standard InChI is InChI=1S/C13H15N3O4S/c1-15-12(17)6-8-20-10-4-5-11(21(14,18)19)9-3-2-7-16-13(9)10/h2-5,7H,6,8H2,1H3,(H,15,17)(H2,14,18,19). The molecule has 8 heteroatoms. The summed E-state index contributed by atoms with van der Waals surface area (Å²) >= 11 is 0. The van der Waals surface area contributed by atoms with Crippen molar-refractivity contribution in [2.75, 3.05) is 13.7 Å². The maximum absolute atomic E-state index is 11.6. The van der Waals surface area contributed by atoms with Gasteiger partial charge in [0.25, 0.3) is 0 Å². The third kappa shape index (κ3) is 3.47. The molecule has 0 unspecified atom stereocenters. The highest BCUT2D eigenvalue weighted by Gasteiger charge is 2.15. The molecule has 0 aliphatic heterocycles. The van der Waals surface area contributed by atoms with Gasteiger partial charge in [-0.2, -0.15) is 0 Å². The first-order valence-electron chi connectivity index (χ1n) is 6.17. The monoisotopic (exact) mass is 309 g/mol. The van der Waals surface area contributed by atoms with Crippen molar-refractivity contribution in [3.05, 3.63) is 30.5 Å². The number of pyridine rings is 1. The first kappa shape index (κ1) is 15.2. The molecule has 112 valence electrons. The summed E-state index contributed by atoms with van der Waals surface area (Å²) in [5, 5.41) is 8.06. The SMILES string of the molecule is CNC(=O)CCOc1ccc(S(N)(=O)=O)c2cccnc12. The number of aromatic nitrogens is 1. The van der Waals surface area contributed by atoms with E-state index in [1.165, 1.54) is 18.3 Å². The lowest BCUT2D eigenvalue weighted by molar-refractivity contribution is -0.121. The van der Waals surface area contributed by atoms with Gasteiger partial charge in [-0.1, -0.05) is 0 Å². The number of sulfonamides is 1. The fourth-order valence-electron chi connectivity index (χ4n) is 1.86. The summed E-state index contributed by atoms with van der Waals surface area (Å²) in [4.78, 5) is 15.3. The zero-order chi connectivity index (χ0) is 15.5. The third-order valence-corrected chi connectivity index (χ3v) is 3.83. The number of ether oxygens (including phenoxy) is 1. The molecule has 3 N–H and O–H groups in total. The Morgan fingerprint density at radius 3 is 2.81 bits per heavy atom. The summed E-state index contributed by atoms with van der Waals surface area (Å²) < 4.78 is 28.6. The molecule has 0 radical (unpaired) electrons. The van der Waals surface area contributed by atoms with E-state index < -0.39 is 10.0 Å². The van der Waals surface area contributed by atoms with E-state index >= 15 is 0 Å². The fraction of sp³-hybridized carbons (Fsp3) is 0.231. The van der Waals surface area contributed by atoms with Crippen LogP contribution < -0.4 is 15.2 Å². The van der Waals surface area contributed by atoms with Gasteiger partial charge in [0.1, 0.15) is 11.3 Å². The van der Waals surface area contributed by atoms with Crippen LogP contribution in [0.15, 0.2) is 35.4 Å². The van der Waals surface area contributed by atoms with Crippen molar-refractivity contribution in [3.8, 4) is 5.75 Å². The number of fused-ring (bicyclic) bond motifs is 1. The molecule has 1 amide bonds. The van der Waals surface area contributed by atoms with Gasteiger partial charge in [0, 0.05) is 18.6 Å². The molecule has 1 aromatic heterocycles. The lowest BCUT2D eigenvalue weighted by Gasteiger charge is -2.10. The quantitative estimate of drug-likeness (QED) is 0.830. The average molecular weight is 309 g/mol. The van der Waals surface area contributed by atoms with Crippen molar-refractivity contribution in [2.24, 2.45) is 5.14 Å². The Morgan fingerprint density at radius 1 is 1.38 bits per heavy atom. The topological polar surface area (TPSA) is 111 Å². The molecule has 0 fully saturated rings. The zero-order valence-corrected chi connectivity index (χ0v) is 12.2. The van der Waals surface area contributed by atoms with Gasteiger partial charge >= 0.3 is 0 Å². The minimum Gasteiger partial charge on any atom is -0.491 e. The van der Waals surface area contributed by atoms with Crippen molar-refractivity contribution in [3.63, 3.8) is 0 Å². The number of nitrogens with two attached hydrogens (primary N) is 1. The smallest absolute Gasteiger partial charge is 0.238 e. The van der Waals surface area contributed by atoms with Crippen molar-refractivity contribution >= 4 is 26.8 Å². The Balaban J connectivity index is 2.37. The van der Waals surface area contributed by atoms with Crippen LogP contribution in [0, 0.1) is 0 Å². The van der Waals surface area contributed by atoms with Gasteiger partial charge in [0.15, 0.2) is 0 Å².